The van der Waals surface area contributed by atoms with Gasteiger partial charge in [0.15, 0.2) is 0 Å². The van der Waals surface area contributed by atoms with Crippen LogP contribution in [0.5, 0.6) is 11.5 Å². The molecule has 0 aliphatic rings. The van der Waals surface area contributed by atoms with Gasteiger partial charge in [0.1, 0.15) is 18.0 Å². The molecule has 0 atom stereocenters. The van der Waals surface area contributed by atoms with Gasteiger partial charge in [-0.3, -0.25) is 9.59 Å². The summed E-state index contributed by atoms with van der Waals surface area (Å²) in [6.07, 6.45) is 1.58. The summed E-state index contributed by atoms with van der Waals surface area (Å²) < 4.78 is 7.81. The second kappa shape index (κ2) is 7.81. The highest BCUT2D eigenvalue weighted by molar-refractivity contribution is 9.10. The Bertz CT molecular complexity index is 939. The highest BCUT2D eigenvalue weighted by Gasteiger charge is 2.07. The Morgan fingerprint density at radius 2 is 1.76 bits per heavy atom. The van der Waals surface area contributed by atoms with Crippen molar-refractivity contribution in [1.82, 2.24) is 4.57 Å². The molecule has 0 saturated heterocycles. The van der Waals surface area contributed by atoms with E-state index >= 15 is 0 Å². The molecule has 0 spiro atoms. The van der Waals surface area contributed by atoms with E-state index in [2.05, 4.69) is 21.2 Å². The Kier molecular flexibility index (Phi) is 5.30. The van der Waals surface area contributed by atoms with Crippen molar-refractivity contribution in [3.63, 3.8) is 0 Å². The Morgan fingerprint density at radius 1 is 1.00 bits per heavy atom. The van der Waals surface area contributed by atoms with Crippen molar-refractivity contribution in [2.45, 2.75) is 6.54 Å². The topological polar surface area (TPSA) is 60.3 Å². The Balaban J connectivity index is 1.68. The molecular weight excluding hydrogens is 384 g/mol. The number of hydrogen-bond acceptors (Lipinski definition) is 3. The monoisotopic (exact) mass is 398 g/mol. The minimum atomic E-state index is -0.294. The van der Waals surface area contributed by atoms with E-state index in [1.807, 2.05) is 36.4 Å². The van der Waals surface area contributed by atoms with Crippen LogP contribution in [0.25, 0.3) is 0 Å². The molecule has 5 nitrogen and oxygen atoms in total. The first-order valence-electron chi connectivity index (χ1n) is 7.59. The number of aromatic nitrogens is 1. The van der Waals surface area contributed by atoms with E-state index in [9.17, 15) is 9.59 Å². The van der Waals surface area contributed by atoms with Crippen molar-refractivity contribution in [1.29, 1.82) is 0 Å². The van der Waals surface area contributed by atoms with Crippen LogP contribution >= 0.6 is 15.9 Å². The lowest BCUT2D eigenvalue weighted by molar-refractivity contribution is -0.116. The molecular formula is C19H15BrN2O3. The largest absolute Gasteiger partial charge is 0.457 e. The van der Waals surface area contributed by atoms with Crippen molar-refractivity contribution in [2.24, 2.45) is 0 Å². The van der Waals surface area contributed by atoms with Gasteiger partial charge in [-0.2, -0.15) is 0 Å². The molecule has 0 radical (unpaired) electrons. The number of carbonyl (C=O) groups excluding carboxylic acids is 1. The summed E-state index contributed by atoms with van der Waals surface area (Å²) in [6, 6.07) is 19.5. The first-order valence-corrected chi connectivity index (χ1v) is 8.38. The number of anilines is 1. The van der Waals surface area contributed by atoms with Crippen molar-refractivity contribution in [3.8, 4) is 11.5 Å². The first-order chi connectivity index (χ1) is 12.1. The number of pyridine rings is 1. The van der Waals surface area contributed by atoms with Crippen LogP contribution in [-0.2, 0) is 11.3 Å². The standard InChI is InChI=1S/C19H15BrN2O3/c20-14-9-10-19(24)22(12-14)13-18(23)21-15-5-4-8-17(11-15)25-16-6-2-1-3-7-16/h1-12H,13H2,(H,21,23). The van der Waals surface area contributed by atoms with E-state index in [-0.39, 0.29) is 18.0 Å². The quantitative estimate of drug-likeness (QED) is 0.705. The summed E-state index contributed by atoms with van der Waals surface area (Å²) >= 11 is 3.29. The van der Waals surface area contributed by atoms with E-state index in [0.717, 1.165) is 4.47 Å². The molecule has 6 heteroatoms. The summed E-state index contributed by atoms with van der Waals surface area (Å²) in [5.41, 5.74) is 0.362. The number of nitrogens with one attached hydrogen (secondary N) is 1. The van der Waals surface area contributed by atoms with Gasteiger partial charge in [0.25, 0.3) is 5.56 Å². The first kappa shape index (κ1) is 17.0. The molecule has 1 amide bonds. The number of ether oxygens (including phenoxy) is 1. The maximum Gasteiger partial charge on any atom is 0.251 e. The fourth-order valence-corrected chi connectivity index (χ4v) is 2.62. The maximum absolute atomic E-state index is 12.2. The van der Waals surface area contributed by atoms with Crippen molar-refractivity contribution >= 4 is 27.5 Å². The van der Waals surface area contributed by atoms with Crippen molar-refractivity contribution in [2.75, 3.05) is 5.32 Å². The second-order valence-corrected chi connectivity index (χ2v) is 6.22. The molecule has 0 bridgehead atoms. The molecule has 2 aromatic carbocycles. The number of nitrogens with zero attached hydrogens (tertiary/aromatic N) is 1. The zero-order valence-corrected chi connectivity index (χ0v) is 14.8. The zero-order chi connectivity index (χ0) is 17.6. The normalized spacial score (nSPS) is 10.3. The number of rotatable bonds is 5. The SMILES string of the molecule is O=C(Cn1cc(Br)ccc1=O)Nc1cccc(Oc2ccccc2)c1. The summed E-state index contributed by atoms with van der Waals surface area (Å²) in [7, 11) is 0. The third kappa shape index (κ3) is 4.81. The average molecular weight is 399 g/mol. The molecule has 1 heterocycles. The number of benzene rings is 2. The zero-order valence-electron chi connectivity index (χ0n) is 13.2. The predicted molar refractivity (Wildman–Crippen MR) is 100.0 cm³/mol. The average Bonchev–Trinajstić information content (AvgIpc) is 2.59. The van der Waals surface area contributed by atoms with E-state index in [1.54, 1.807) is 30.5 Å². The van der Waals surface area contributed by atoms with Crippen LogP contribution in [0.2, 0.25) is 0 Å². The molecule has 0 aliphatic heterocycles. The van der Waals surface area contributed by atoms with Crippen LogP contribution in [0.4, 0.5) is 5.69 Å². The lowest BCUT2D eigenvalue weighted by Crippen LogP contribution is -2.26. The fourth-order valence-electron chi connectivity index (χ4n) is 2.24. The smallest absolute Gasteiger partial charge is 0.251 e. The van der Waals surface area contributed by atoms with Gasteiger partial charge in [-0.05, 0) is 46.3 Å². The molecule has 1 N–H and O–H groups in total. The van der Waals surface area contributed by atoms with Crippen LogP contribution in [0.3, 0.4) is 0 Å². The van der Waals surface area contributed by atoms with Gasteiger partial charge in [-0.1, -0.05) is 24.3 Å². The van der Waals surface area contributed by atoms with E-state index < -0.39 is 0 Å². The summed E-state index contributed by atoms with van der Waals surface area (Å²) in [4.78, 5) is 23.9. The summed E-state index contributed by atoms with van der Waals surface area (Å²) in [6.45, 7) is -0.0674. The number of para-hydroxylation sites is 1. The van der Waals surface area contributed by atoms with Gasteiger partial charge < -0.3 is 14.6 Å². The minimum Gasteiger partial charge on any atom is -0.457 e. The highest BCUT2D eigenvalue weighted by atomic mass is 79.9. The second-order valence-electron chi connectivity index (χ2n) is 5.30. The maximum atomic E-state index is 12.2. The van der Waals surface area contributed by atoms with Gasteiger partial charge >= 0.3 is 0 Å². The van der Waals surface area contributed by atoms with Gasteiger partial charge in [0.2, 0.25) is 5.91 Å². The minimum absolute atomic E-state index is 0.0674. The summed E-state index contributed by atoms with van der Waals surface area (Å²) in [5, 5.41) is 2.77. The van der Waals surface area contributed by atoms with Gasteiger partial charge in [0.05, 0.1) is 0 Å². The fraction of sp³-hybridized carbons (Fsp3) is 0.0526. The molecule has 1 aromatic heterocycles. The number of amides is 1. The Labute approximate surface area is 153 Å². The Hall–Kier alpha value is -2.86. The van der Waals surface area contributed by atoms with E-state index in [1.165, 1.54) is 10.6 Å². The molecule has 3 rings (SSSR count). The number of hydrogen-bond donors (Lipinski definition) is 1. The van der Waals surface area contributed by atoms with Crippen molar-refractivity contribution < 1.29 is 9.53 Å². The third-order valence-electron chi connectivity index (χ3n) is 3.36. The van der Waals surface area contributed by atoms with Crippen LogP contribution in [0, 0.1) is 0 Å². The van der Waals surface area contributed by atoms with Crippen LogP contribution in [0.1, 0.15) is 0 Å². The van der Waals surface area contributed by atoms with Crippen LogP contribution < -0.4 is 15.6 Å². The van der Waals surface area contributed by atoms with Crippen LogP contribution in [0.15, 0.2) is 82.2 Å². The third-order valence-corrected chi connectivity index (χ3v) is 3.83. The molecule has 0 aliphatic carbocycles. The van der Waals surface area contributed by atoms with Gasteiger partial charge in [-0.15, -0.1) is 0 Å². The predicted octanol–water partition coefficient (Wildman–Crippen LogP) is 4.04. The van der Waals surface area contributed by atoms with E-state index in [0.29, 0.717) is 17.2 Å². The summed E-state index contributed by atoms with van der Waals surface area (Å²) in [5.74, 6) is 1.03. The lowest BCUT2D eigenvalue weighted by Gasteiger charge is -2.10. The number of halogens is 1. The van der Waals surface area contributed by atoms with Gasteiger partial charge in [-0.25, -0.2) is 0 Å². The molecule has 0 saturated carbocycles. The lowest BCUT2D eigenvalue weighted by atomic mass is 10.3. The molecule has 25 heavy (non-hydrogen) atoms. The highest BCUT2D eigenvalue weighted by Crippen LogP contribution is 2.23. The molecule has 0 unspecified atom stereocenters. The molecule has 3 aromatic rings. The van der Waals surface area contributed by atoms with Gasteiger partial charge in [0, 0.05) is 28.5 Å². The Morgan fingerprint density at radius 3 is 2.56 bits per heavy atom. The molecule has 0 fully saturated rings. The molecule has 126 valence electrons. The van der Waals surface area contributed by atoms with Crippen LogP contribution in [-0.4, -0.2) is 10.5 Å². The van der Waals surface area contributed by atoms with E-state index in [4.69, 9.17) is 4.74 Å². The number of carbonyl (C=O) groups is 1. The van der Waals surface area contributed by atoms with Crippen molar-refractivity contribution in [3.05, 3.63) is 87.8 Å².